The number of amides is 2. The summed E-state index contributed by atoms with van der Waals surface area (Å²) >= 11 is 1.48. The lowest BCUT2D eigenvalue weighted by atomic mass is 10.4. The number of hydrogen-bond acceptors (Lipinski definition) is 5. The molecule has 7 heteroatoms. The summed E-state index contributed by atoms with van der Waals surface area (Å²) in [6, 6.07) is 8.81. The number of hydrogen-bond donors (Lipinski definition) is 2. The van der Waals surface area contributed by atoms with Crippen LogP contribution in [-0.2, 0) is 6.54 Å². The number of nitrogens with zero attached hydrogens (tertiary/aromatic N) is 2. The maximum absolute atomic E-state index is 11.8. The highest BCUT2D eigenvalue weighted by Gasteiger charge is 2.08. The van der Waals surface area contributed by atoms with Crippen LogP contribution in [-0.4, -0.2) is 16.0 Å². The van der Waals surface area contributed by atoms with Crippen molar-refractivity contribution in [2.24, 2.45) is 0 Å². The highest BCUT2D eigenvalue weighted by atomic mass is 32.1. The van der Waals surface area contributed by atoms with Crippen molar-refractivity contribution in [2.45, 2.75) is 13.5 Å². The molecule has 0 radical (unpaired) electrons. The summed E-state index contributed by atoms with van der Waals surface area (Å²) in [6.07, 6.45) is 1.61. The molecular formula is C15H14N4O2S. The number of furan rings is 1. The third-order valence-electron chi connectivity index (χ3n) is 2.84. The normalized spacial score (nSPS) is 10.4. The van der Waals surface area contributed by atoms with Gasteiger partial charge in [-0.3, -0.25) is 5.32 Å². The first-order valence-electron chi connectivity index (χ1n) is 6.67. The van der Waals surface area contributed by atoms with Gasteiger partial charge in [0.15, 0.2) is 10.8 Å². The van der Waals surface area contributed by atoms with Gasteiger partial charge in [-0.05, 0) is 31.2 Å². The van der Waals surface area contributed by atoms with E-state index in [9.17, 15) is 4.79 Å². The van der Waals surface area contributed by atoms with Crippen molar-refractivity contribution in [2.75, 3.05) is 5.32 Å². The van der Waals surface area contributed by atoms with Crippen LogP contribution in [0.15, 0.2) is 46.4 Å². The third kappa shape index (κ3) is 3.50. The second kappa shape index (κ2) is 6.40. The molecule has 0 saturated heterocycles. The molecule has 3 aromatic rings. The van der Waals surface area contributed by atoms with Gasteiger partial charge in [-0.25, -0.2) is 14.8 Å². The summed E-state index contributed by atoms with van der Waals surface area (Å²) in [4.78, 5) is 20.4. The number of carbonyl (C=O) groups is 1. The standard InChI is InChI=1S/C15H14N4O2S/c1-10-4-2-6-13(17-10)19-15(20)16-8-11-9-22-14(18-11)12-5-3-7-21-12/h2-7,9H,8H2,1H3,(H2,16,17,19,20). The van der Waals surface area contributed by atoms with Crippen LogP contribution in [0.5, 0.6) is 0 Å². The molecule has 0 aliphatic rings. The zero-order chi connectivity index (χ0) is 15.4. The van der Waals surface area contributed by atoms with Crippen LogP contribution in [0.2, 0.25) is 0 Å². The van der Waals surface area contributed by atoms with Gasteiger partial charge in [0.25, 0.3) is 0 Å². The van der Waals surface area contributed by atoms with Gasteiger partial charge in [0, 0.05) is 11.1 Å². The van der Waals surface area contributed by atoms with E-state index in [4.69, 9.17) is 4.42 Å². The SMILES string of the molecule is Cc1cccc(NC(=O)NCc2csc(-c3ccco3)n2)n1. The highest BCUT2D eigenvalue weighted by molar-refractivity contribution is 7.13. The van der Waals surface area contributed by atoms with Gasteiger partial charge in [-0.2, -0.15) is 0 Å². The lowest BCUT2D eigenvalue weighted by Gasteiger charge is -2.06. The number of pyridine rings is 1. The Morgan fingerprint density at radius 2 is 2.18 bits per heavy atom. The molecule has 3 rings (SSSR count). The maximum Gasteiger partial charge on any atom is 0.320 e. The smallest absolute Gasteiger partial charge is 0.320 e. The zero-order valence-electron chi connectivity index (χ0n) is 11.9. The van der Waals surface area contributed by atoms with Crippen molar-refractivity contribution in [1.29, 1.82) is 0 Å². The Morgan fingerprint density at radius 1 is 1.27 bits per heavy atom. The van der Waals surface area contributed by atoms with E-state index in [0.29, 0.717) is 12.4 Å². The molecule has 112 valence electrons. The average molecular weight is 314 g/mol. The predicted molar refractivity (Wildman–Crippen MR) is 84.6 cm³/mol. The van der Waals surface area contributed by atoms with Crippen molar-refractivity contribution < 1.29 is 9.21 Å². The fourth-order valence-electron chi connectivity index (χ4n) is 1.85. The second-order valence-electron chi connectivity index (χ2n) is 4.59. The number of carbonyl (C=O) groups excluding carboxylic acids is 1. The summed E-state index contributed by atoms with van der Waals surface area (Å²) in [5.41, 5.74) is 1.63. The largest absolute Gasteiger partial charge is 0.462 e. The number of urea groups is 1. The number of rotatable bonds is 4. The Bertz CT molecular complexity index is 767. The molecule has 0 aliphatic heterocycles. The van der Waals surface area contributed by atoms with Gasteiger partial charge >= 0.3 is 6.03 Å². The van der Waals surface area contributed by atoms with E-state index >= 15 is 0 Å². The van der Waals surface area contributed by atoms with Gasteiger partial charge in [0.1, 0.15) is 5.82 Å². The molecule has 22 heavy (non-hydrogen) atoms. The molecule has 3 aromatic heterocycles. The minimum Gasteiger partial charge on any atom is -0.462 e. The average Bonchev–Trinajstić information content (AvgIpc) is 3.16. The van der Waals surface area contributed by atoms with Gasteiger partial charge in [-0.1, -0.05) is 6.07 Å². The summed E-state index contributed by atoms with van der Waals surface area (Å²) in [5, 5.41) is 8.12. The lowest BCUT2D eigenvalue weighted by molar-refractivity contribution is 0.251. The molecule has 3 heterocycles. The van der Waals surface area contributed by atoms with E-state index < -0.39 is 0 Å². The minimum atomic E-state index is -0.314. The van der Waals surface area contributed by atoms with Crippen molar-refractivity contribution in [3.8, 4) is 10.8 Å². The monoisotopic (exact) mass is 314 g/mol. The molecule has 0 fully saturated rings. The third-order valence-corrected chi connectivity index (χ3v) is 3.75. The number of aryl methyl sites for hydroxylation is 1. The first kappa shape index (κ1) is 14.3. The maximum atomic E-state index is 11.8. The minimum absolute atomic E-state index is 0.314. The molecule has 6 nitrogen and oxygen atoms in total. The van der Waals surface area contributed by atoms with Crippen molar-refractivity contribution in [1.82, 2.24) is 15.3 Å². The van der Waals surface area contributed by atoms with Crippen molar-refractivity contribution in [3.63, 3.8) is 0 Å². The molecular weight excluding hydrogens is 300 g/mol. The Kier molecular flexibility index (Phi) is 4.15. The number of aromatic nitrogens is 2. The first-order chi connectivity index (χ1) is 10.7. The van der Waals surface area contributed by atoms with E-state index in [2.05, 4.69) is 20.6 Å². The predicted octanol–water partition coefficient (Wildman–Crippen LogP) is 3.43. The molecule has 0 aromatic carbocycles. The quantitative estimate of drug-likeness (QED) is 0.773. The topological polar surface area (TPSA) is 80.0 Å². The van der Waals surface area contributed by atoms with Crippen LogP contribution < -0.4 is 10.6 Å². The van der Waals surface area contributed by atoms with E-state index in [1.807, 2.05) is 36.6 Å². The molecule has 0 unspecified atom stereocenters. The molecule has 2 N–H and O–H groups in total. The van der Waals surface area contributed by atoms with Gasteiger partial charge in [-0.15, -0.1) is 11.3 Å². The van der Waals surface area contributed by atoms with E-state index in [1.165, 1.54) is 11.3 Å². The number of thiazole rings is 1. The molecule has 0 aliphatic carbocycles. The molecule has 0 spiro atoms. The molecule has 0 saturated carbocycles. The fourth-order valence-corrected chi connectivity index (χ4v) is 2.63. The van der Waals surface area contributed by atoms with Crippen LogP contribution in [0.1, 0.15) is 11.4 Å². The fraction of sp³-hybridized carbons (Fsp3) is 0.133. The summed E-state index contributed by atoms with van der Waals surface area (Å²) in [7, 11) is 0. The van der Waals surface area contributed by atoms with Crippen LogP contribution >= 0.6 is 11.3 Å². The first-order valence-corrected chi connectivity index (χ1v) is 7.55. The summed E-state index contributed by atoms with van der Waals surface area (Å²) < 4.78 is 5.29. The van der Waals surface area contributed by atoms with E-state index in [0.717, 1.165) is 22.2 Å². The highest BCUT2D eigenvalue weighted by Crippen LogP contribution is 2.23. The van der Waals surface area contributed by atoms with Crippen LogP contribution in [0.3, 0.4) is 0 Å². The Hall–Kier alpha value is -2.67. The Labute approximate surface area is 131 Å². The summed E-state index contributed by atoms with van der Waals surface area (Å²) in [5.74, 6) is 1.25. The lowest BCUT2D eigenvalue weighted by Crippen LogP contribution is -2.28. The number of nitrogens with one attached hydrogen (secondary N) is 2. The molecule has 0 bridgehead atoms. The van der Waals surface area contributed by atoms with Crippen LogP contribution in [0, 0.1) is 6.92 Å². The van der Waals surface area contributed by atoms with Gasteiger partial charge < -0.3 is 9.73 Å². The van der Waals surface area contributed by atoms with Crippen molar-refractivity contribution >= 4 is 23.2 Å². The number of anilines is 1. The second-order valence-corrected chi connectivity index (χ2v) is 5.45. The van der Waals surface area contributed by atoms with Crippen molar-refractivity contribution in [3.05, 3.63) is 53.4 Å². The zero-order valence-corrected chi connectivity index (χ0v) is 12.7. The van der Waals surface area contributed by atoms with E-state index in [1.54, 1.807) is 12.3 Å². The molecule has 0 atom stereocenters. The van der Waals surface area contributed by atoms with Gasteiger partial charge in [0.05, 0.1) is 18.5 Å². The Balaban J connectivity index is 1.55. The van der Waals surface area contributed by atoms with E-state index in [-0.39, 0.29) is 6.03 Å². The molecule has 2 amide bonds. The summed E-state index contributed by atoms with van der Waals surface area (Å²) in [6.45, 7) is 2.21. The van der Waals surface area contributed by atoms with Gasteiger partial charge in [0.2, 0.25) is 0 Å². The Morgan fingerprint density at radius 3 is 2.95 bits per heavy atom. The van der Waals surface area contributed by atoms with Crippen LogP contribution in [0.4, 0.5) is 10.6 Å². The van der Waals surface area contributed by atoms with Crippen LogP contribution in [0.25, 0.3) is 10.8 Å².